The van der Waals surface area contributed by atoms with Gasteiger partial charge in [-0.3, -0.25) is 0 Å². The number of hydrogen-bond donors (Lipinski definition) is 0. The third kappa shape index (κ3) is 3.18. The van der Waals surface area contributed by atoms with Crippen LogP contribution in [0.1, 0.15) is 31.0 Å². The maximum Gasteiger partial charge on any atom is 0.237 e. The highest BCUT2D eigenvalue weighted by Gasteiger charge is 2.17. The monoisotopic (exact) mass is 361 g/mol. The minimum atomic E-state index is 0.510. The number of benzene rings is 1. The van der Waals surface area contributed by atoms with Crippen molar-refractivity contribution in [3.63, 3.8) is 0 Å². The van der Waals surface area contributed by atoms with Crippen molar-refractivity contribution in [3.8, 4) is 11.4 Å². The average Bonchev–Trinajstić information content (AvgIpc) is 3.14. The van der Waals surface area contributed by atoms with Crippen LogP contribution in [-0.2, 0) is 18.7 Å². The van der Waals surface area contributed by atoms with E-state index in [9.17, 15) is 0 Å². The summed E-state index contributed by atoms with van der Waals surface area (Å²) in [6, 6.07) is 7.47. The molecule has 24 heavy (non-hydrogen) atoms. The molecular formula is C16H16ClN5OS. The Morgan fingerprint density at radius 2 is 2.08 bits per heavy atom. The predicted molar refractivity (Wildman–Crippen MR) is 91.9 cm³/mol. The van der Waals surface area contributed by atoms with E-state index in [0.717, 1.165) is 29.5 Å². The molecule has 3 aromatic rings. The topological polar surface area (TPSA) is 69.6 Å². The Morgan fingerprint density at radius 3 is 3.00 bits per heavy atom. The van der Waals surface area contributed by atoms with Gasteiger partial charge in [0.2, 0.25) is 11.7 Å². The van der Waals surface area contributed by atoms with Crippen molar-refractivity contribution in [2.75, 3.05) is 0 Å². The maximum absolute atomic E-state index is 6.17. The van der Waals surface area contributed by atoms with Crippen LogP contribution in [0.25, 0.3) is 11.4 Å². The lowest BCUT2D eigenvalue weighted by Gasteiger charge is -2.04. The van der Waals surface area contributed by atoms with E-state index < -0.39 is 0 Å². The molecule has 0 saturated carbocycles. The quantitative estimate of drug-likeness (QED) is 0.654. The van der Waals surface area contributed by atoms with Gasteiger partial charge in [-0.25, -0.2) is 0 Å². The summed E-state index contributed by atoms with van der Waals surface area (Å²) in [5.41, 5.74) is 0.774. The lowest BCUT2D eigenvalue weighted by molar-refractivity contribution is 0.391. The van der Waals surface area contributed by atoms with E-state index in [2.05, 4.69) is 24.9 Å². The number of aryl methyl sites for hydroxylation is 1. The van der Waals surface area contributed by atoms with E-state index in [1.54, 1.807) is 11.8 Å². The zero-order valence-corrected chi connectivity index (χ0v) is 14.6. The molecule has 8 heteroatoms. The molecule has 2 aromatic heterocycles. The third-order valence-corrected chi connectivity index (χ3v) is 5.26. The molecule has 0 atom stereocenters. The van der Waals surface area contributed by atoms with E-state index in [-0.39, 0.29) is 0 Å². The Morgan fingerprint density at radius 1 is 1.17 bits per heavy atom. The molecule has 124 valence electrons. The summed E-state index contributed by atoms with van der Waals surface area (Å²) in [5, 5.41) is 14.2. The highest BCUT2D eigenvalue weighted by atomic mass is 35.5. The van der Waals surface area contributed by atoms with E-state index in [0.29, 0.717) is 22.5 Å². The van der Waals surface area contributed by atoms with Gasteiger partial charge in [-0.1, -0.05) is 47.1 Å². The maximum atomic E-state index is 6.17. The van der Waals surface area contributed by atoms with Crippen LogP contribution < -0.4 is 0 Å². The highest BCUT2D eigenvalue weighted by molar-refractivity contribution is 7.98. The highest BCUT2D eigenvalue weighted by Crippen LogP contribution is 2.27. The number of thioether (sulfide) groups is 1. The fraction of sp³-hybridized carbons (Fsp3) is 0.375. The molecule has 0 amide bonds. The van der Waals surface area contributed by atoms with Gasteiger partial charge in [0.15, 0.2) is 5.16 Å². The molecule has 0 N–H and O–H groups in total. The number of halogens is 1. The summed E-state index contributed by atoms with van der Waals surface area (Å²) in [6.07, 6.45) is 4.62. The molecule has 0 radical (unpaired) electrons. The van der Waals surface area contributed by atoms with E-state index in [1.807, 2.05) is 24.3 Å². The van der Waals surface area contributed by atoms with Crippen molar-refractivity contribution < 1.29 is 4.52 Å². The second kappa shape index (κ2) is 6.94. The summed E-state index contributed by atoms with van der Waals surface area (Å²) in [4.78, 5) is 4.43. The van der Waals surface area contributed by atoms with Gasteiger partial charge >= 0.3 is 0 Å². The van der Waals surface area contributed by atoms with Crippen molar-refractivity contribution >= 4 is 23.4 Å². The smallest absolute Gasteiger partial charge is 0.237 e. The SMILES string of the molecule is Clc1ccccc1-c1noc(CSc2nnc3n2CCCCC3)n1. The molecule has 3 heterocycles. The third-order valence-electron chi connectivity index (χ3n) is 3.98. The standard InChI is InChI=1S/C16H16ClN5OS/c17-12-7-4-3-6-11(12)15-18-14(23-21-15)10-24-16-20-19-13-8-2-1-5-9-22(13)16/h3-4,6-7H,1-2,5,8-10H2. The molecule has 0 saturated heterocycles. The lowest BCUT2D eigenvalue weighted by atomic mass is 10.2. The van der Waals surface area contributed by atoms with Crippen LogP contribution in [0.5, 0.6) is 0 Å². The van der Waals surface area contributed by atoms with Crippen LogP contribution in [0.2, 0.25) is 5.02 Å². The Balaban J connectivity index is 1.48. The second-order valence-electron chi connectivity index (χ2n) is 5.64. The Labute approximate surface area is 148 Å². The van der Waals surface area contributed by atoms with Gasteiger partial charge in [0.05, 0.1) is 10.8 Å². The largest absolute Gasteiger partial charge is 0.338 e. The number of aromatic nitrogens is 5. The fourth-order valence-electron chi connectivity index (χ4n) is 2.76. The normalized spacial score (nSPS) is 14.4. The minimum absolute atomic E-state index is 0.510. The van der Waals surface area contributed by atoms with Crippen LogP contribution in [-0.4, -0.2) is 24.9 Å². The molecule has 0 spiro atoms. The number of nitrogens with zero attached hydrogens (tertiary/aromatic N) is 5. The van der Waals surface area contributed by atoms with Crippen LogP contribution in [0, 0.1) is 0 Å². The van der Waals surface area contributed by atoms with Gasteiger partial charge < -0.3 is 9.09 Å². The molecule has 1 aliphatic rings. The molecule has 0 bridgehead atoms. The van der Waals surface area contributed by atoms with Crippen LogP contribution >= 0.6 is 23.4 Å². The summed E-state index contributed by atoms with van der Waals surface area (Å²) in [5.74, 6) is 2.71. The first kappa shape index (κ1) is 15.7. The summed E-state index contributed by atoms with van der Waals surface area (Å²) < 4.78 is 7.55. The van der Waals surface area contributed by atoms with Crippen LogP contribution in [0.4, 0.5) is 0 Å². The number of hydrogen-bond acceptors (Lipinski definition) is 6. The van der Waals surface area contributed by atoms with E-state index in [4.69, 9.17) is 16.1 Å². The van der Waals surface area contributed by atoms with Gasteiger partial charge in [0.1, 0.15) is 5.82 Å². The predicted octanol–water partition coefficient (Wildman–Crippen LogP) is 4.00. The Hall–Kier alpha value is -1.86. The fourth-order valence-corrected chi connectivity index (χ4v) is 3.80. The van der Waals surface area contributed by atoms with Crippen LogP contribution in [0.15, 0.2) is 33.9 Å². The molecule has 6 nitrogen and oxygen atoms in total. The molecule has 1 aliphatic heterocycles. The van der Waals surface area contributed by atoms with Gasteiger partial charge in [-0.2, -0.15) is 4.98 Å². The van der Waals surface area contributed by atoms with Crippen molar-refractivity contribution in [2.45, 2.75) is 43.1 Å². The summed E-state index contributed by atoms with van der Waals surface area (Å²) in [6.45, 7) is 0.985. The van der Waals surface area contributed by atoms with Crippen LogP contribution in [0.3, 0.4) is 0 Å². The van der Waals surface area contributed by atoms with Gasteiger partial charge in [-0.15, -0.1) is 10.2 Å². The van der Waals surface area contributed by atoms with Crippen molar-refractivity contribution in [3.05, 3.63) is 41.0 Å². The first-order valence-electron chi connectivity index (χ1n) is 7.93. The van der Waals surface area contributed by atoms with Gasteiger partial charge in [-0.05, 0) is 25.0 Å². The molecule has 0 fully saturated rings. The van der Waals surface area contributed by atoms with Crippen molar-refractivity contribution in [1.29, 1.82) is 0 Å². The second-order valence-corrected chi connectivity index (χ2v) is 6.99. The molecule has 0 aliphatic carbocycles. The molecule has 4 rings (SSSR count). The van der Waals surface area contributed by atoms with Crippen molar-refractivity contribution in [1.82, 2.24) is 24.9 Å². The number of fused-ring (bicyclic) bond motifs is 1. The zero-order valence-electron chi connectivity index (χ0n) is 13.0. The van der Waals surface area contributed by atoms with E-state index >= 15 is 0 Å². The molecule has 1 aromatic carbocycles. The first-order chi connectivity index (χ1) is 11.8. The van der Waals surface area contributed by atoms with Gasteiger partial charge in [0, 0.05) is 18.5 Å². The van der Waals surface area contributed by atoms with Crippen molar-refractivity contribution in [2.24, 2.45) is 0 Å². The molecule has 0 unspecified atom stereocenters. The minimum Gasteiger partial charge on any atom is -0.338 e. The first-order valence-corrected chi connectivity index (χ1v) is 9.30. The Bertz CT molecular complexity index is 847. The molecular weight excluding hydrogens is 346 g/mol. The summed E-state index contributed by atoms with van der Waals surface area (Å²) in [7, 11) is 0. The summed E-state index contributed by atoms with van der Waals surface area (Å²) >= 11 is 7.75. The number of rotatable bonds is 4. The van der Waals surface area contributed by atoms with Gasteiger partial charge in [0.25, 0.3) is 0 Å². The lowest BCUT2D eigenvalue weighted by Crippen LogP contribution is -2.02. The Kier molecular flexibility index (Phi) is 4.53. The van der Waals surface area contributed by atoms with E-state index in [1.165, 1.54) is 19.3 Å². The zero-order chi connectivity index (χ0) is 16.4. The average molecular weight is 362 g/mol.